The van der Waals surface area contributed by atoms with Crippen molar-refractivity contribution in [3.8, 4) is 11.5 Å². The van der Waals surface area contributed by atoms with E-state index in [0.717, 1.165) is 16.8 Å². The Balaban J connectivity index is 0.00000190. The number of benzene rings is 2. The van der Waals surface area contributed by atoms with Crippen molar-refractivity contribution in [2.75, 3.05) is 5.32 Å². The molecule has 0 aliphatic heterocycles. The Kier molecular flexibility index (Phi) is 9.90. The van der Waals surface area contributed by atoms with Gasteiger partial charge in [0.15, 0.2) is 0 Å². The van der Waals surface area contributed by atoms with Crippen LogP contribution in [0.5, 0.6) is 11.5 Å². The second kappa shape index (κ2) is 12.2. The zero-order valence-corrected chi connectivity index (χ0v) is 17.1. The Bertz CT molecular complexity index is 820. The molecule has 0 spiro atoms. The van der Waals surface area contributed by atoms with Gasteiger partial charge in [-0.05, 0) is 42.8 Å². The molecule has 1 amide bonds. The lowest BCUT2D eigenvalue weighted by Crippen LogP contribution is -2.05. The second-order valence-electron chi connectivity index (χ2n) is 5.89. The van der Waals surface area contributed by atoms with Crippen molar-refractivity contribution >= 4 is 11.6 Å². The Hall–Kier alpha value is -3.27. The molecule has 148 valence electrons. The number of hydrogen-bond acceptors (Lipinski definition) is 3. The number of ether oxygens (including phenoxy) is 2. The number of allylic oxidation sites excluding steroid dienone is 3. The summed E-state index contributed by atoms with van der Waals surface area (Å²) in [6.45, 7) is 15.5. The highest BCUT2D eigenvalue weighted by Crippen LogP contribution is 2.22. The predicted molar refractivity (Wildman–Crippen MR) is 117 cm³/mol. The van der Waals surface area contributed by atoms with Crippen molar-refractivity contribution in [3.63, 3.8) is 0 Å². The normalized spacial score (nSPS) is 9.86. The topological polar surface area (TPSA) is 47.6 Å². The molecule has 2 aromatic carbocycles. The van der Waals surface area contributed by atoms with E-state index in [1.807, 2.05) is 75.4 Å². The number of nitrogens with one attached hydrogen (secondary N) is 1. The van der Waals surface area contributed by atoms with Gasteiger partial charge in [0.05, 0.1) is 0 Å². The quantitative estimate of drug-likeness (QED) is 0.434. The van der Waals surface area contributed by atoms with Crippen LogP contribution in [0.25, 0.3) is 0 Å². The van der Waals surface area contributed by atoms with Crippen molar-refractivity contribution in [1.82, 2.24) is 0 Å². The van der Waals surface area contributed by atoms with Gasteiger partial charge in [-0.25, -0.2) is 0 Å². The Morgan fingerprint density at radius 3 is 2.25 bits per heavy atom. The number of anilines is 1. The van der Waals surface area contributed by atoms with Crippen LogP contribution in [0.4, 0.5) is 5.69 Å². The number of carbonyl (C=O) groups is 1. The van der Waals surface area contributed by atoms with Crippen LogP contribution in [0.2, 0.25) is 0 Å². The molecule has 0 atom stereocenters. The van der Waals surface area contributed by atoms with Crippen molar-refractivity contribution < 1.29 is 14.3 Å². The summed E-state index contributed by atoms with van der Waals surface area (Å²) < 4.78 is 11.5. The molecular formula is C24H29NO3. The van der Waals surface area contributed by atoms with E-state index in [1.54, 1.807) is 6.08 Å². The average Bonchev–Trinajstić information content (AvgIpc) is 2.67. The summed E-state index contributed by atoms with van der Waals surface area (Å²) in [6, 6.07) is 14.9. The van der Waals surface area contributed by atoms with E-state index in [4.69, 9.17) is 9.47 Å². The van der Waals surface area contributed by atoms with E-state index in [0.29, 0.717) is 23.9 Å². The third-order valence-corrected chi connectivity index (χ3v) is 3.29. The van der Waals surface area contributed by atoms with E-state index >= 15 is 0 Å². The molecule has 0 saturated carbocycles. The fourth-order valence-electron chi connectivity index (χ4n) is 2.10. The Labute approximate surface area is 168 Å². The van der Waals surface area contributed by atoms with Gasteiger partial charge in [0, 0.05) is 18.7 Å². The molecule has 0 fully saturated rings. The van der Waals surface area contributed by atoms with Gasteiger partial charge in [0.25, 0.3) is 0 Å². The SMILES string of the molecule is C=C(C)/C=C\C(=C)Oc1cccc(OCc2ccc(NC(C)=O)cc2)c1.CC. The van der Waals surface area contributed by atoms with Gasteiger partial charge in [-0.1, -0.05) is 56.9 Å². The minimum Gasteiger partial charge on any atom is -0.489 e. The first-order valence-electron chi connectivity index (χ1n) is 9.22. The molecule has 4 nitrogen and oxygen atoms in total. The number of carbonyl (C=O) groups excluding carboxylic acids is 1. The molecule has 4 heteroatoms. The van der Waals surface area contributed by atoms with E-state index in [1.165, 1.54) is 6.92 Å². The molecular weight excluding hydrogens is 350 g/mol. The number of hydrogen-bond donors (Lipinski definition) is 1. The summed E-state index contributed by atoms with van der Waals surface area (Å²) in [7, 11) is 0. The molecule has 1 N–H and O–H groups in total. The number of amides is 1. The third kappa shape index (κ3) is 8.90. The van der Waals surface area contributed by atoms with E-state index in [2.05, 4.69) is 18.5 Å². The van der Waals surface area contributed by atoms with Crippen LogP contribution in [-0.2, 0) is 11.4 Å². The molecule has 0 heterocycles. The molecule has 2 aromatic rings. The molecule has 28 heavy (non-hydrogen) atoms. The van der Waals surface area contributed by atoms with Crippen LogP contribution in [0.3, 0.4) is 0 Å². The zero-order chi connectivity index (χ0) is 20.9. The molecule has 0 aliphatic rings. The maximum absolute atomic E-state index is 11.0. The van der Waals surface area contributed by atoms with Gasteiger partial charge in [-0.2, -0.15) is 0 Å². The van der Waals surface area contributed by atoms with Gasteiger partial charge >= 0.3 is 0 Å². The second-order valence-corrected chi connectivity index (χ2v) is 5.89. The van der Waals surface area contributed by atoms with E-state index < -0.39 is 0 Å². The fourth-order valence-corrected chi connectivity index (χ4v) is 2.10. The lowest BCUT2D eigenvalue weighted by atomic mass is 10.2. The minimum atomic E-state index is -0.0921. The summed E-state index contributed by atoms with van der Waals surface area (Å²) in [5, 5.41) is 2.73. The Morgan fingerprint density at radius 2 is 1.64 bits per heavy atom. The average molecular weight is 380 g/mol. The van der Waals surface area contributed by atoms with Crippen molar-refractivity contribution in [2.24, 2.45) is 0 Å². The standard InChI is InChI=1S/C22H23NO3.C2H6/c1-16(2)8-9-17(3)26-22-7-5-6-21(14-22)25-15-19-10-12-20(13-11-19)23-18(4)24;1-2/h5-14H,1,3,15H2,2,4H3,(H,23,24);1-2H3/b9-8-;. The van der Waals surface area contributed by atoms with Crippen LogP contribution in [0, 0.1) is 0 Å². The summed E-state index contributed by atoms with van der Waals surface area (Å²) in [6.07, 6.45) is 3.61. The zero-order valence-electron chi connectivity index (χ0n) is 17.1. The van der Waals surface area contributed by atoms with Crippen LogP contribution in [-0.4, -0.2) is 5.91 Å². The van der Waals surface area contributed by atoms with Crippen molar-refractivity contribution in [2.45, 2.75) is 34.3 Å². The largest absolute Gasteiger partial charge is 0.489 e. The molecule has 0 unspecified atom stereocenters. The molecule has 0 aromatic heterocycles. The first-order chi connectivity index (χ1) is 13.4. The molecule has 0 radical (unpaired) electrons. The van der Waals surface area contributed by atoms with E-state index in [9.17, 15) is 4.79 Å². The van der Waals surface area contributed by atoms with Crippen molar-refractivity contribution in [3.05, 3.63) is 90.7 Å². The van der Waals surface area contributed by atoms with Crippen LogP contribution in [0.15, 0.2) is 85.2 Å². The highest BCUT2D eigenvalue weighted by Gasteiger charge is 2.01. The molecule has 0 aliphatic carbocycles. The fraction of sp³-hybridized carbons (Fsp3) is 0.208. The van der Waals surface area contributed by atoms with Crippen molar-refractivity contribution in [1.29, 1.82) is 0 Å². The summed E-state index contributed by atoms with van der Waals surface area (Å²) in [4.78, 5) is 11.0. The lowest BCUT2D eigenvalue weighted by Gasteiger charge is -2.10. The maximum Gasteiger partial charge on any atom is 0.221 e. The highest BCUT2D eigenvalue weighted by atomic mass is 16.5. The minimum absolute atomic E-state index is 0.0921. The monoisotopic (exact) mass is 379 g/mol. The van der Waals surface area contributed by atoms with Gasteiger partial charge in [0.2, 0.25) is 5.91 Å². The molecule has 2 rings (SSSR count). The maximum atomic E-state index is 11.0. The predicted octanol–water partition coefficient (Wildman–Crippen LogP) is 6.28. The first kappa shape index (κ1) is 22.8. The highest BCUT2D eigenvalue weighted by molar-refractivity contribution is 5.88. The van der Waals surface area contributed by atoms with E-state index in [-0.39, 0.29) is 5.91 Å². The summed E-state index contributed by atoms with van der Waals surface area (Å²) in [5.74, 6) is 1.79. The first-order valence-corrected chi connectivity index (χ1v) is 9.22. The molecule has 0 saturated heterocycles. The van der Waals surface area contributed by atoms with Crippen LogP contribution >= 0.6 is 0 Å². The third-order valence-electron chi connectivity index (χ3n) is 3.29. The Morgan fingerprint density at radius 1 is 1.00 bits per heavy atom. The number of rotatable bonds is 8. The van der Waals surface area contributed by atoms with Gasteiger partial charge in [0.1, 0.15) is 23.9 Å². The van der Waals surface area contributed by atoms with Gasteiger partial charge < -0.3 is 14.8 Å². The molecule has 0 bridgehead atoms. The summed E-state index contributed by atoms with van der Waals surface area (Å²) >= 11 is 0. The summed E-state index contributed by atoms with van der Waals surface area (Å²) in [5.41, 5.74) is 2.69. The van der Waals surface area contributed by atoms with Gasteiger partial charge in [-0.15, -0.1) is 0 Å². The smallest absolute Gasteiger partial charge is 0.221 e. The van der Waals surface area contributed by atoms with Crippen LogP contribution < -0.4 is 14.8 Å². The van der Waals surface area contributed by atoms with Gasteiger partial charge in [-0.3, -0.25) is 4.79 Å². The lowest BCUT2D eigenvalue weighted by molar-refractivity contribution is -0.114. The van der Waals surface area contributed by atoms with Crippen LogP contribution in [0.1, 0.15) is 33.3 Å².